The zero-order valence-corrected chi connectivity index (χ0v) is 18.5. The molecule has 1 aromatic heterocycles. The summed E-state index contributed by atoms with van der Waals surface area (Å²) in [4.78, 5) is 37.7. The van der Waals surface area contributed by atoms with Crippen molar-refractivity contribution >= 4 is 39.8 Å². The maximum absolute atomic E-state index is 12.7. The van der Waals surface area contributed by atoms with E-state index in [-0.39, 0.29) is 5.91 Å². The van der Waals surface area contributed by atoms with Crippen LogP contribution in [0.4, 0.5) is 10.7 Å². The summed E-state index contributed by atoms with van der Waals surface area (Å²) in [5, 5.41) is 5.97. The smallest absolute Gasteiger partial charge is 0.342 e. The highest BCUT2D eigenvalue weighted by Crippen LogP contribution is 2.33. The van der Waals surface area contributed by atoms with E-state index in [1.54, 1.807) is 6.92 Å². The molecule has 2 atom stereocenters. The molecule has 2 amide bonds. The third-order valence-electron chi connectivity index (χ3n) is 4.89. The zero-order chi connectivity index (χ0) is 21.7. The Balaban J connectivity index is 2.15. The number of thiophene rings is 1. The molecule has 0 aliphatic rings. The minimum absolute atomic E-state index is 0.271. The van der Waals surface area contributed by atoms with Gasteiger partial charge in [0.1, 0.15) is 5.00 Å². The predicted molar refractivity (Wildman–Crippen MR) is 117 cm³/mol. The van der Waals surface area contributed by atoms with Crippen LogP contribution in [-0.2, 0) is 14.3 Å². The Morgan fingerprint density at radius 1 is 1.10 bits per heavy atom. The van der Waals surface area contributed by atoms with E-state index in [1.165, 1.54) is 25.2 Å². The number of ether oxygens (including phenoxy) is 1. The summed E-state index contributed by atoms with van der Waals surface area (Å²) < 4.78 is 5.42. The second-order valence-electron chi connectivity index (χ2n) is 7.10. The van der Waals surface area contributed by atoms with Gasteiger partial charge in [0, 0.05) is 17.5 Å². The Morgan fingerprint density at radius 2 is 1.76 bits per heavy atom. The van der Waals surface area contributed by atoms with Crippen molar-refractivity contribution in [3.05, 3.63) is 45.8 Å². The molecule has 0 saturated carbocycles. The van der Waals surface area contributed by atoms with Crippen molar-refractivity contribution in [2.75, 3.05) is 10.6 Å². The molecule has 0 unspecified atom stereocenters. The summed E-state index contributed by atoms with van der Waals surface area (Å²) in [6, 6.07) is 7.62. The van der Waals surface area contributed by atoms with Gasteiger partial charge < -0.3 is 15.4 Å². The van der Waals surface area contributed by atoms with Gasteiger partial charge in [-0.05, 0) is 50.3 Å². The number of carbonyl (C=O) groups is 3. The number of aryl methyl sites for hydroxylation is 1. The maximum Gasteiger partial charge on any atom is 0.342 e. The zero-order valence-electron chi connectivity index (χ0n) is 17.7. The highest BCUT2D eigenvalue weighted by molar-refractivity contribution is 7.16. The first-order valence-corrected chi connectivity index (χ1v) is 10.5. The third-order valence-corrected chi connectivity index (χ3v) is 6.02. The molecule has 1 heterocycles. The van der Waals surface area contributed by atoms with E-state index >= 15 is 0 Å². The lowest BCUT2D eigenvalue weighted by Crippen LogP contribution is -2.30. The fourth-order valence-electron chi connectivity index (χ4n) is 2.89. The fourth-order valence-corrected chi connectivity index (χ4v) is 3.98. The molecule has 0 spiro atoms. The van der Waals surface area contributed by atoms with Crippen molar-refractivity contribution < 1.29 is 19.1 Å². The van der Waals surface area contributed by atoms with Gasteiger partial charge in [-0.25, -0.2) is 4.79 Å². The average Bonchev–Trinajstić information content (AvgIpc) is 2.94. The van der Waals surface area contributed by atoms with Crippen LogP contribution in [0.15, 0.2) is 24.3 Å². The number of para-hydroxylation sites is 1. The lowest BCUT2D eigenvalue weighted by Gasteiger charge is -2.18. The van der Waals surface area contributed by atoms with E-state index in [1.807, 2.05) is 31.2 Å². The normalized spacial score (nSPS) is 12.8. The van der Waals surface area contributed by atoms with Crippen LogP contribution in [-0.4, -0.2) is 23.9 Å². The van der Waals surface area contributed by atoms with E-state index in [2.05, 4.69) is 24.5 Å². The fraction of sp³-hybridized carbons (Fsp3) is 0.409. The topological polar surface area (TPSA) is 84.5 Å². The van der Waals surface area contributed by atoms with Gasteiger partial charge in [0.2, 0.25) is 5.91 Å². The van der Waals surface area contributed by atoms with E-state index in [0.29, 0.717) is 16.5 Å². The number of hydrogen-bond acceptors (Lipinski definition) is 5. The lowest BCUT2D eigenvalue weighted by molar-refractivity contribution is -0.123. The molecule has 2 rings (SSSR count). The Bertz CT molecular complexity index is 920. The summed E-state index contributed by atoms with van der Waals surface area (Å²) in [5.74, 6) is -1.01. The van der Waals surface area contributed by atoms with Crippen molar-refractivity contribution in [3.8, 4) is 0 Å². The molecular weight excluding hydrogens is 388 g/mol. The molecule has 7 heteroatoms. The summed E-state index contributed by atoms with van der Waals surface area (Å²) in [7, 11) is 0. The minimum Gasteiger partial charge on any atom is -0.449 e. The van der Waals surface area contributed by atoms with Crippen molar-refractivity contribution in [2.24, 2.45) is 0 Å². The van der Waals surface area contributed by atoms with E-state index < -0.39 is 18.0 Å². The minimum atomic E-state index is -0.989. The number of hydrogen-bond donors (Lipinski definition) is 2. The highest BCUT2D eigenvalue weighted by atomic mass is 32.1. The number of esters is 1. The summed E-state index contributed by atoms with van der Waals surface area (Å²) in [5.41, 5.74) is 2.79. The Labute approximate surface area is 175 Å². The molecular formula is C22H28N2O4S. The Morgan fingerprint density at radius 3 is 2.38 bits per heavy atom. The number of carbonyl (C=O) groups excluding carboxylic acids is 3. The van der Waals surface area contributed by atoms with Crippen LogP contribution < -0.4 is 10.6 Å². The maximum atomic E-state index is 12.7. The summed E-state index contributed by atoms with van der Waals surface area (Å²) in [6.45, 7) is 10.8. The predicted octanol–water partition coefficient (Wildman–Crippen LogP) is 5.02. The summed E-state index contributed by atoms with van der Waals surface area (Å²) >= 11 is 1.31. The SMILES string of the molecule is CC[C@@H](C)c1ccccc1NC(=O)[C@@H](C)OC(=O)c1c(NC(C)=O)sc(C)c1C. The second-order valence-corrected chi connectivity index (χ2v) is 8.33. The first-order chi connectivity index (χ1) is 13.6. The van der Waals surface area contributed by atoms with Crippen molar-refractivity contribution in [2.45, 2.75) is 60.0 Å². The van der Waals surface area contributed by atoms with Crippen LogP contribution >= 0.6 is 11.3 Å². The van der Waals surface area contributed by atoms with Crippen LogP contribution in [0.2, 0.25) is 0 Å². The van der Waals surface area contributed by atoms with Crippen molar-refractivity contribution in [3.63, 3.8) is 0 Å². The van der Waals surface area contributed by atoms with Gasteiger partial charge in [0.15, 0.2) is 6.10 Å². The average molecular weight is 417 g/mol. The first kappa shape index (κ1) is 22.6. The molecule has 1 aromatic carbocycles. The lowest BCUT2D eigenvalue weighted by atomic mass is 9.97. The standard InChI is InChI=1S/C22H28N2O4S/c1-7-12(2)17-10-8-9-11-18(17)24-20(26)14(4)28-22(27)19-13(3)15(5)29-21(19)23-16(6)25/h8-12,14H,7H2,1-6H3,(H,23,25)(H,24,26)/t12-,14-/m1/s1. The van der Waals surface area contributed by atoms with Crippen LogP contribution in [0, 0.1) is 13.8 Å². The van der Waals surface area contributed by atoms with Gasteiger partial charge in [-0.2, -0.15) is 0 Å². The second kappa shape index (κ2) is 9.69. The quantitative estimate of drug-likeness (QED) is 0.621. The molecule has 0 fully saturated rings. The van der Waals surface area contributed by atoms with Gasteiger partial charge in [-0.15, -0.1) is 11.3 Å². The number of rotatable bonds is 7. The molecule has 0 aliphatic heterocycles. The van der Waals surface area contributed by atoms with Gasteiger partial charge >= 0.3 is 5.97 Å². The molecule has 6 nitrogen and oxygen atoms in total. The van der Waals surface area contributed by atoms with E-state index in [0.717, 1.165) is 28.1 Å². The number of anilines is 2. The molecule has 0 bridgehead atoms. The van der Waals surface area contributed by atoms with Crippen LogP contribution in [0.1, 0.15) is 66.4 Å². The van der Waals surface area contributed by atoms with Crippen LogP contribution in [0.3, 0.4) is 0 Å². The Kier molecular flexibility index (Phi) is 7.56. The van der Waals surface area contributed by atoms with Gasteiger partial charge in [0.05, 0.1) is 5.56 Å². The molecule has 0 aliphatic carbocycles. The number of benzene rings is 1. The van der Waals surface area contributed by atoms with Crippen LogP contribution in [0.25, 0.3) is 0 Å². The van der Waals surface area contributed by atoms with E-state index in [9.17, 15) is 14.4 Å². The first-order valence-electron chi connectivity index (χ1n) is 9.64. The molecule has 2 N–H and O–H groups in total. The molecule has 0 saturated heterocycles. The number of nitrogens with one attached hydrogen (secondary N) is 2. The molecule has 29 heavy (non-hydrogen) atoms. The largest absolute Gasteiger partial charge is 0.449 e. The molecule has 2 aromatic rings. The van der Waals surface area contributed by atoms with E-state index in [4.69, 9.17) is 4.74 Å². The van der Waals surface area contributed by atoms with Gasteiger partial charge in [0.25, 0.3) is 5.91 Å². The highest BCUT2D eigenvalue weighted by Gasteiger charge is 2.26. The molecule has 156 valence electrons. The van der Waals surface area contributed by atoms with Gasteiger partial charge in [-0.1, -0.05) is 32.0 Å². The Hall–Kier alpha value is -2.67. The van der Waals surface area contributed by atoms with Crippen molar-refractivity contribution in [1.29, 1.82) is 0 Å². The summed E-state index contributed by atoms with van der Waals surface area (Å²) in [6.07, 6.45) is -0.0441. The number of amides is 2. The van der Waals surface area contributed by atoms with Gasteiger partial charge in [-0.3, -0.25) is 9.59 Å². The van der Waals surface area contributed by atoms with Crippen LogP contribution in [0.5, 0.6) is 0 Å². The molecule has 0 radical (unpaired) electrons. The third kappa shape index (κ3) is 5.44. The van der Waals surface area contributed by atoms with Crippen molar-refractivity contribution in [1.82, 2.24) is 0 Å². The monoisotopic (exact) mass is 416 g/mol.